The number of hydrogen-bond donors (Lipinski definition) is 1. The van der Waals surface area contributed by atoms with Crippen molar-refractivity contribution < 1.29 is 35.9 Å². The van der Waals surface area contributed by atoms with E-state index >= 15 is 0 Å². The number of nitrogens with zero attached hydrogens (tertiary/aromatic N) is 1. The molecule has 7 nitrogen and oxygen atoms in total. The second-order valence-corrected chi connectivity index (χ2v) is 13.9. The summed E-state index contributed by atoms with van der Waals surface area (Å²) in [5.74, 6) is -0.646. The topological polar surface area (TPSA) is 102 Å². The molecule has 1 N–H and O–H groups in total. The van der Waals surface area contributed by atoms with Crippen LogP contribution in [-0.2, 0) is 20.9 Å². The predicted octanol–water partition coefficient (Wildman–Crippen LogP) is 4.75. The van der Waals surface area contributed by atoms with Crippen molar-refractivity contribution in [2.45, 2.75) is 16.8 Å². The third kappa shape index (κ3) is 6.03. The van der Waals surface area contributed by atoms with Gasteiger partial charge in [0, 0.05) is 0 Å². The number of pyridine rings is 1. The van der Waals surface area contributed by atoms with E-state index in [1.165, 1.54) is 13.2 Å². The van der Waals surface area contributed by atoms with Crippen molar-refractivity contribution in [1.29, 1.82) is 0 Å². The van der Waals surface area contributed by atoms with E-state index in [1.54, 1.807) is 23.9 Å². The van der Waals surface area contributed by atoms with Gasteiger partial charge in [0.2, 0.25) is 0 Å². The Morgan fingerprint density at radius 2 is 1.75 bits per heavy atom. The summed E-state index contributed by atoms with van der Waals surface area (Å²) in [5, 5.41) is -0.701. The van der Waals surface area contributed by atoms with Crippen LogP contribution in [0.15, 0.2) is 59.6 Å². The van der Waals surface area contributed by atoms with Crippen LogP contribution in [-0.4, -0.2) is 45.7 Å². The minimum absolute atomic E-state index is 0.0264. The van der Waals surface area contributed by atoms with Gasteiger partial charge < -0.3 is 0 Å². The minimum atomic E-state index is -4.89. The molecule has 1 atom stereocenters. The van der Waals surface area contributed by atoms with Crippen LogP contribution in [0.2, 0.25) is 15.8 Å². The quantitative estimate of drug-likeness (QED) is 0.301. The molecule has 3 aromatic rings. The molecule has 0 amide bonds. The first-order valence-electron chi connectivity index (χ1n) is 9.76. The number of alkyl halides is 3. The monoisotopic (exact) mass is 622 g/mol. The second-order valence-electron chi connectivity index (χ2n) is 7.17. The number of methoxy groups -OCH3 is 1. The van der Waals surface area contributed by atoms with Crippen molar-refractivity contribution in [3.63, 3.8) is 0 Å². The van der Waals surface area contributed by atoms with Gasteiger partial charge in [-0.05, 0) is 0 Å². The van der Waals surface area contributed by atoms with E-state index in [2.05, 4.69) is 9.71 Å². The summed E-state index contributed by atoms with van der Waals surface area (Å²) in [7, 11) is -3.42. The predicted molar refractivity (Wildman–Crippen MR) is 130 cm³/mol. The van der Waals surface area contributed by atoms with Crippen LogP contribution in [0.25, 0.3) is 0 Å². The molecule has 1 heterocycles. The number of benzene rings is 2. The average molecular weight is 623 g/mol. The maximum atomic E-state index is 13.4. The molecule has 0 bridgehead atoms. The van der Waals surface area contributed by atoms with Crippen LogP contribution in [0.5, 0.6) is 0 Å². The van der Waals surface area contributed by atoms with E-state index in [4.69, 9.17) is 27.9 Å². The van der Waals surface area contributed by atoms with E-state index < -0.39 is 56.9 Å². The number of anilines is 1. The Kier molecular flexibility index (Phi) is 8.40. The molecular weight excluding hydrogens is 607 g/mol. The Hall–Kier alpha value is -2.59. The Bertz CT molecular complexity index is 1450. The van der Waals surface area contributed by atoms with Gasteiger partial charge in [-0.25, -0.2) is 0 Å². The maximum absolute atomic E-state index is 13.4. The first-order chi connectivity index (χ1) is 16.8. The van der Waals surface area contributed by atoms with Crippen LogP contribution in [0, 0.1) is 0 Å². The van der Waals surface area contributed by atoms with E-state index in [0.29, 0.717) is 10.4 Å². The zero-order chi connectivity index (χ0) is 26.8. The number of rotatable bonds is 7. The fourth-order valence-electron chi connectivity index (χ4n) is 3.10. The van der Waals surface area contributed by atoms with Crippen LogP contribution < -0.4 is 9.07 Å². The van der Waals surface area contributed by atoms with Gasteiger partial charge in [0.15, 0.2) is 0 Å². The number of aromatic nitrogens is 1. The van der Waals surface area contributed by atoms with E-state index in [1.807, 2.05) is 0 Å². The van der Waals surface area contributed by atoms with Crippen molar-refractivity contribution in [2.75, 3.05) is 11.8 Å². The van der Waals surface area contributed by atoms with Crippen LogP contribution in [0.3, 0.4) is 0 Å². The normalized spacial score (nSPS) is 12.6. The van der Waals surface area contributed by atoms with Gasteiger partial charge in [-0.1, -0.05) is 0 Å². The molecule has 14 heteroatoms. The first kappa shape index (κ1) is 28.0. The molecule has 0 aliphatic carbocycles. The zero-order valence-electron chi connectivity index (χ0n) is 18.4. The van der Waals surface area contributed by atoms with Crippen molar-refractivity contribution in [1.82, 2.24) is 4.98 Å². The molecular formula is C22H16AsCl2F3N2O5S. The number of hydrogen-bond acceptors (Lipinski definition) is 6. The number of carbonyl (C=O) groups is 2. The Balaban J connectivity index is 2.03. The summed E-state index contributed by atoms with van der Waals surface area (Å²) in [4.78, 5) is 28.8. The molecule has 0 aliphatic rings. The molecule has 2 aromatic carbocycles. The van der Waals surface area contributed by atoms with E-state index in [-0.39, 0.29) is 22.0 Å². The van der Waals surface area contributed by atoms with Crippen molar-refractivity contribution in [3.05, 3.63) is 81.6 Å². The Labute approximate surface area is 218 Å². The van der Waals surface area contributed by atoms with Crippen molar-refractivity contribution in [2.24, 2.45) is 0 Å². The molecule has 190 valence electrons. The third-order valence-electron chi connectivity index (χ3n) is 4.83. The summed E-state index contributed by atoms with van der Waals surface area (Å²) in [6.45, 7) is 0. The van der Waals surface area contributed by atoms with Gasteiger partial charge in [-0.2, -0.15) is 0 Å². The summed E-state index contributed by atoms with van der Waals surface area (Å²) < 4.78 is 72.4. The number of halogens is 5. The Morgan fingerprint density at radius 1 is 1.08 bits per heavy atom. The molecule has 1 aromatic heterocycles. The van der Waals surface area contributed by atoms with Gasteiger partial charge >= 0.3 is 220 Å². The fraction of sp³-hybridized carbons (Fsp3) is 0.136. The number of esters is 1. The SMILES string of the molecule is COC(=O)c1ccccc1[As](C)C(=O)c1ncc(Cl)cc1NS(=O)(=O)c1ccc(Cl)c(C(F)(F)F)c1. The van der Waals surface area contributed by atoms with Gasteiger partial charge in [-0.3, -0.25) is 0 Å². The number of ether oxygens (including phenoxy) is 1. The van der Waals surface area contributed by atoms with Gasteiger partial charge in [0.25, 0.3) is 0 Å². The average Bonchev–Trinajstić information content (AvgIpc) is 2.82. The summed E-state index contributed by atoms with van der Waals surface area (Å²) in [6.07, 6.45) is -3.76. The number of carbonyl (C=O) groups excluding carboxylic acids is 2. The number of nitrogens with one attached hydrogen (secondary N) is 1. The molecule has 0 spiro atoms. The molecule has 3 rings (SSSR count). The summed E-state index contributed by atoms with van der Waals surface area (Å²) in [6, 6.07) is 9.53. The first-order valence-corrected chi connectivity index (χ1v) is 15.8. The van der Waals surface area contributed by atoms with Crippen molar-refractivity contribution >= 4 is 68.5 Å². The Morgan fingerprint density at radius 3 is 2.39 bits per heavy atom. The van der Waals surface area contributed by atoms with E-state index in [9.17, 15) is 31.2 Å². The molecule has 0 saturated heterocycles. The summed E-state index contributed by atoms with van der Waals surface area (Å²) in [5.41, 5.74) is -0.149. The van der Waals surface area contributed by atoms with Gasteiger partial charge in [-0.15, -0.1) is 0 Å². The summed E-state index contributed by atoms with van der Waals surface area (Å²) >= 11 is 8.80. The van der Waals surface area contributed by atoms with Crippen LogP contribution >= 0.6 is 23.2 Å². The van der Waals surface area contributed by atoms with E-state index in [0.717, 1.165) is 24.4 Å². The van der Waals surface area contributed by atoms with Crippen LogP contribution in [0.4, 0.5) is 18.9 Å². The molecule has 36 heavy (non-hydrogen) atoms. The molecule has 1 unspecified atom stereocenters. The number of sulfonamides is 1. The van der Waals surface area contributed by atoms with Gasteiger partial charge in [0.1, 0.15) is 0 Å². The molecule has 0 radical (unpaired) electrons. The molecule has 0 fully saturated rings. The molecule has 0 saturated carbocycles. The van der Waals surface area contributed by atoms with Crippen molar-refractivity contribution in [3.8, 4) is 0 Å². The molecule has 0 aliphatic heterocycles. The van der Waals surface area contributed by atoms with Gasteiger partial charge in [0.05, 0.1) is 0 Å². The third-order valence-corrected chi connectivity index (χ3v) is 10.8. The standard InChI is InChI=1S/C22H16AsCl2F3N2O5S/c1-23(16-6-4-3-5-14(16)21(32)35-2)20(31)19-18(9-12(24)11-29-19)30-36(33,34)13-7-8-17(25)15(10-13)22(26,27)28/h3-11,30H,1-2H3. The second kappa shape index (κ2) is 10.8. The fourth-order valence-corrected chi connectivity index (χ4v) is 7.82. The zero-order valence-corrected chi connectivity index (χ0v) is 22.6. The van der Waals surface area contributed by atoms with Crippen LogP contribution in [0.1, 0.15) is 26.4 Å².